The molecule has 1 atom stereocenters. The summed E-state index contributed by atoms with van der Waals surface area (Å²) in [7, 11) is -4.18. The number of rotatable bonds is 15. The van der Waals surface area contributed by atoms with E-state index in [2.05, 4.69) is 5.32 Å². The van der Waals surface area contributed by atoms with E-state index in [0.29, 0.717) is 24.6 Å². The maximum atomic E-state index is 14.4. The first-order chi connectivity index (χ1) is 21.7. The minimum absolute atomic E-state index is 0.0224. The van der Waals surface area contributed by atoms with Crippen molar-refractivity contribution >= 4 is 27.5 Å². The van der Waals surface area contributed by atoms with Crippen LogP contribution in [0.25, 0.3) is 0 Å². The molecule has 236 valence electrons. The number of nitrogens with one attached hydrogen (secondary N) is 1. The zero-order chi connectivity index (χ0) is 32.2. The summed E-state index contributed by atoms with van der Waals surface area (Å²) in [6.07, 6.45) is 1.00. The Bertz CT molecular complexity index is 1630. The second-order valence-electron chi connectivity index (χ2n) is 10.8. The van der Waals surface area contributed by atoms with Crippen LogP contribution in [-0.4, -0.2) is 50.9 Å². The Labute approximate surface area is 266 Å². The van der Waals surface area contributed by atoms with Crippen LogP contribution < -0.4 is 14.4 Å². The molecule has 4 rings (SSSR count). The smallest absolute Gasteiger partial charge is 0.264 e. The van der Waals surface area contributed by atoms with Crippen molar-refractivity contribution in [3.05, 3.63) is 126 Å². The Kier molecular flexibility index (Phi) is 11.8. The number of carbonyl (C=O) groups is 2. The molecule has 0 saturated carbocycles. The van der Waals surface area contributed by atoms with Crippen LogP contribution in [0.5, 0.6) is 5.75 Å². The molecular weight excluding hydrogens is 586 g/mol. The Morgan fingerprint density at radius 1 is 0.800 bits per heavy atom. The number of nitrogens with zero attached hydrogens (tertiary/aromatic N) is 2. The minimum Gasteiger partial charge on any atom is -0.494 e. The molecule has 8 nitrogen and oxygen atoms in total. The first-order valence-electron chi connectivity index (χ1n) is 15.2. The molecule has 2 amide bonds. The van der Waals surface area contributed by atoms with Crippen LogP contribution >= 0.6 is 0 Å². The Hall–Kier alpha value is -4.63. The first kappa shape index (κ1) is 33.3. The van der Waals surface area contributed by atoms with Gasteiger partial charge in [0.05, 0.1) is 17.2 Å². The Morgan fingerprint density at radius 3 is 2.02 bits per heavy atom. The van der Waals surface area contributed by atoms with Crippen molar-refractivity contribution in [1.82, 2.24) is 10.2 Å². The van der Waals surface area contributed by atoms with E-state index >= 15 is 0 Å². The van der Waals surface area contributed by atoms with Gasteiger partial charge < -0.3 is 15.0 Å². The highest BCUT2D eigenvalue weighted by atomic mass is 32.2. The monoisotopic (exact) mass is 627 g/mol. The van der Waals surface area contributed by atoms with Crippen molar-refractivity contribution < 1.29 is 22.7 Å². The van der Waals surface area contributed by atoms with E-state index in [0.717, 1.165) is 27.4 Å². The standard InChI is InChI=1S/C36H41N3O5S/c1-4-24-37-36(41)34(25-29-12-8-6-9-13-29)38(26-30-18-16-28(3)17-19-30)35(40)27-39(31-14-10-7-11-15-31)45(42,43)33-22-20-32(21-23-33)44-5-2/h6-23,34H,4-5,24-27H2,1-3H3,(H,37,41)/t34-/m1/s1. The summed E-state index contributed by atoms with van der Waals surface area (Å²) >= 11 is 0. The number of benzene rings is 4. The highest BCUT2D eigenvalue weighted by Crippen LogP contribution is 2.26. The molecule has 0 fully saturated rings. The lowest BCUT2D eigenvalue weighted by molar-refractivity contribution is -0.140. The topological polar surface area (TPSA) is 96.0 Å². The molecule has 0 aliphatic carbocycles. The lowest BCUT2D eigenvalue weighted by Crippen LogP contribution is -2.53. The zero-order valence-electron chi connectivity index (χ0n) is 26.1. The summed E-state index contributed by atoms with van der Waals surface area (Å²) in [5.41, 5.74) is 3.12. The molecule has 0 bridgehead atoms. The molecule has 0 aliphatic heterocycles. The third-order valence-corrected chi connectivity index (χ3v) is 9.13. The van der Waals surface area contributed by atoms with Gasteiger partial charge in [0, 0.05) is 19.5 Å². The van der Waals surface area contributed by atoms with Crippen molar-refractivity contribution in [3.63, 3.8) is 0 Å². The number of amides is 2. The van der Waals surface area contributed by atoms with E-state index in [-0.39, 0.29) is 23.8 Å². The van der Waals surface area contributed by atoms with E-state index in [1.807, 2.05) is 75.4 Å². The number of aryl methyl sites for hydroxylation is 1. The van der Waals surface area contributed by atoms with Crippen molar-refractivity contribution in [2.24, 2.45) is 0 Å². The minimum atomic E-state index is -4.18. The number of hydrogen-bond acceptors (Lipinski definition) is 5. The highest BCUT2D eigenvalue weighted by Gasteiger charge is 2.34. The van der Waals surface area contributed by atoms with Crippen LogP contribution in [0.15, 0.2) is 114 Å². The fourth-order valence-corrected chi connectivity index (χ4v) is 6.35. The Balaban J connectivity index is 1.76. The molecule has 0 unspecified atom stereocenters. The second kappa shape index (κ2) is 15.9. The van der Waals surface area contributed by atoms with E-state index in [1.54, 1.807) is 42.5 Å². The fourth-order valence-electron chi connectivity index (χ4n) is 4.93. The van der Waals surface area contributed by atoms with Gasteiger partial charge in [-0.3, -0.25) is 13.9 Å². The first-order valence-corrected chi connectivity index (χ1v) is 16.6. The van der Waals surface area contributed by atoms with E-state index in [4.69, 9.17) is 4.74 Å². The van der Waals surface area contributed by atoms with Gasteiger partial charge >= 0.3 is 0 Å². The van der Waals surface area contributed by atoms with E-state index in [1.165, 1.54) is 17.0 Å². The summed E-state index contributed by atoms with van der Waals surface area (Å²) in [5.74, 6) is -0.242. The molecule has 0 heterocycles. The quantitative estimate of drug-likeness (QED) is 0.181. The number of anilines is 1. The largest absolute Gasteiger partial charge is 0.494 e. The zero-order valence-corrected chi connectivity index (χ0v) is 26.9. The lowest BCUT2D eigenvalue weighted by Gasteiger charge is -2.34. The van der Waals surface area contributed by atoms with E-state index in [9.17, 15) is 18.0 Å². The molecule has 1 N–H and O–H groups in total. The summed E-state index contributed by atoms with van der Waals surface area (Å²) in [6.45, 7) is 6.32. The molecule has 0 spiro atoms. The van der Waals surface area contributed by atoms with Crippen LogP contribution in [0.4, 0.5) is 5.69 Å². The van der Waals surface area contributed by atoms with Crippen LogP contribution in [0.1, 0.15) is 37.0 Å². The van der Waals surface area contributed by atoms with Crippen LogP contribution in [-0.2, 0) is 32.6 Å². The normalized spacial score (nSPS) is 11.8. The van der Waals surface area contributed by atoms with E-state index < -0.39 is 28.5 Å². The maximum Gasteiger partial charge on any atom is 0.264 e. The van der Waals surface area contributed by atoms with Crippen LogP contribution in [0.2, 0.25) is 0 Å². The molecule has 0 radical (unpaired) electrons. The van der Waals surface area contributed by atoms with Gasteiger partial charge in [-0.05, 0) is 67.8 Å². The van der Waals surface area contributed by atoms with Crippen molar-refractivity contribution in [1.29, 1.82) is 0 Å². The predicted octanol–water partition coefficient (Wildman–Crippen LogP) is 5.76. The van der Waals surface area contributed by atoms with Gasteiger partial charge in [0.25, 0.3) is 10.0 Å². The average molecular weight is 628 g/mol. The molecule has 45 heavy (non-hydrogen) atoms. The number of sulfonamides is 1. The van der Waals surface area contributed by atoms with Gasteiger partial charge in [-0.1, -0.05) is 85.3 Å². The van der Waals surface area contributed by atoms with Crippen molar-refractivity contribution in [2.45, 2.75) is 51.1 Å². The number of para-hydroxylation sites is 1. The second-order valence-corrected chi connectivity index (χ2v) is 12.6. The van der Waals surface area contributed by atoms with Crippen molar-refractivity contribution in [3.8, 4) is 5.75 Å². The predicted molar refractivity (Wildman–Crippen MR) is 178 cm³/mol. The van der Waals surface area contributed by atoms with Crippen LogP contribution in [0, 0.1) is 6.92 Å². The lowest BCUT2D eigenvalue weighted by atomic mass is 10.0. The Morgan fingerprint density at radius 2 is 1.42 bits per heavy atom. The van der Waals surface area contributed by atoms with Gasteiger partial charge in [0.1, 0.15) is 18.3 Å². The average Bonchev–Trinajstić information content (AvgIpc) is 3.06. The third-order valence-electron chi connectivity index (χ3n) is 7.34. The number of ether oxygens (including phenoxy) is 1. The van der Waals surface area contributed by atoms with Gasteiger partial charge in [-0.25, -0.2) is 8.42 Å². The molecule has 4 aromatic carbocycles. The fraction of sp³-hybridized carbons (Fsp3) is 0.278. The summed E-state index contributed by atoms with van der Waals surface area (Å²) in [6, 6.07) is 31.1. The summed E-state index contributed by atoms with van der Waals surface area (Å²) < 4.78 is 34.9. The van der Waals surface area contributed by atoms with Gasteiger partial charge in [-0.2, -0.15) is 0 Å². The van der Waals surface area contributed by atoms with Gasteiger partial charge in [0.15, 0.2) is 0 Å². The molecular formula is C36H41N3O5S. The number of hydrogen-bond donors (Lipinski definition) is 1. The SMILES string of the molecule is CCCNC(=O)[C@@H](Cc1ccccc1)N(Cc1ccc(C)cc1)C(=O)CN(c1ccccc1)S(=O)(=O)c1ccc(OCC)cc1. The molecule has 0 aromatic heterocycles. The molecule has 0 saturated heterocycles. The maximum absolute atomic E-state index is 14.4. The highest BCUT2D eigenvalue weighted by molar-refractivity contribution is 7.92. The molecule has 0 aliphatic rings. The summed E-state index contributed by atoms with van der Waals surface area (Å²) in [4.78, 5) is 29.7. The third kappa shape index (κ3) is 8.95. The summed E-state index contributed by atoms with van der Waals surface area (Å²) in [5, 5.41) is 2.96. The van der Waals surface area contributed by atoms with Crippen LogP contribution in [0.3, 0.4) is 0 Å². The molecule has 4 aromatic rings. The van der Waals surface area contributed by atoms with Gasteiger partial charge in [-0.15, -0.1) is 0 Å². The number of carbonyl (C=O) groups excluding carboxylic acids is 2. The van der Waals surface area contributed by atoms with Gasteiger partial charge in [0.2, 0.25) is 11.8 Å². The van der Waals surface area contributed by atoms with Crippen molar-refractivity contribution in [2.75, 3.05) is 24.0 Å². The molecule has 9 heteroatoms.